The molecule has 0 aromatic rings. The number of carbonyl (C=O) groups is 1. The van der Waals surface area contributed by atoms with Crippen molar-refractivity contribution in [3.63, 3.8) is 0 Å². The third-order valence-corrected chi connectivity index (χ3v) is 2.41. The van der Waals surface area contributed by atoms with Gasteiger partial charge < -0.3 is 24.8 Å². The Morgan fingerprint density at radius 3 is 2.75 bits per heavy atom. The Bertz CT molecular complexity index is 231. The van der Waals surface area contributed by atoms with Crippen molar-refractivity contribution < 1.29 is 29.6 Å². The number of aliphatic hydroxyl groups excluding tert-OH is 3. The van der Waals surface area contributed by atoms with Crippen LogP contribution in [0.25, 0.3) is 0 Å². The standard InChI is InChI=1S/C10H18O6/c1-2-3-8(12)15-5-7-10(14)6(11)4-9(13)16-7/h6-7,9-11,13-14H,2-5H2,1H3/t6-,7-,9?,10+/m1/s1. The Morgan fingerprint density at radius 2 is 2.12 bits per heavy atom. The zero-order chi connectivity index (χ0) is 12.1. The molecule has 1 aliphatic heterocycles. The maximum absolute atomic E-state index is 11.1. The zero-order valence-corrected chi connectivity index (χ0v) is 9.20. The predicted octanol–water partition coefficient (Wildman–Crippen LogP) is -0.841. The third-order valence-electron chi connectivity index (χ3n) is 2.41. The van der Waals surface area contributed by atoms with E-state index in [1.165, 1.54) is 0 Å². The van der Waals surface area contributed by atoms with Gasteiger partial charge in [-0.15, -0.1) is 0 Å². The second-order valence-electron chi connectivity index (χ2n) is 3.86. The summed E-state index contributed by atoms with van der Waals surface area (Å²) in [5.74, 6) is -0.382. The maximum atomic E-state index is 11.1. The van der Waals surface area contributed by atoms with Crippen LogP contribution in [0, 0.1) is 0 Å². The second kappa shape index (κ2) is 6.15. The molecule has 0 aliphatic carbocycles. The Morgan fingerprint density at radius 1 is 1.44 bits per heavy atom. The second-order valence-corrected chi connectivity index (χ2v) is 3.86. The monoisotopic (exact) mass is 234 g/mol. The number of rotatable bonds is 4. The van der Waals surface area contributed by atoms with Gasteiger partial charge in [-0.3, -0.25) is 4.79 Å². The van der Waals surface area contributed by atoms with Gasteiger partial charge in [0, 0.05) is 12.8 Å². The summed E-state index contributed by atoms with van der Waals surface area (Å²) in [5, 5.41) is 28.1. The molecule has 3 N–H and O–H groups in total. The molecule has 6 nitrogen and oxygen atoms in total. The van der Waals surface area contributed by atoms with Crippen LogP contribution < -0.4 is 0 Å². The van der Waals surface area contributed by atoms with Gasteiger partial charge in [-0.1, -0.05) is 6.92 Å². The summed E-state index contributed by atoms with van der Waals surface area (Å²) >= 11 is 0. The molecule has 1 aliphatic rings. The minimum Gasteiger partial charge on any atom is -0.463 e. The average Bonchev–Trinajstić information content (AvgIpc) is 2.21. The molecular formula is C10H18O6. The summed E-state index contributed by atoms with van der Waals surface area (Å²) in [6.45, 7) is 1.69. The highest BCUT2D eigenvalue weighted by Crippen LogP contribution is 2.19. The van der Waals surface area contributed by atoms with E-state index in [1.54, 1.807) is 0 Å². The van der Waals surface area contributed by atoms with Gasteiger partial charge in [0.1, 0.15) is 18.8 Å². The molecule has 94 valence electrons. The van der Waals surface area contributed by atoms with Crippen molar-refractivity contribution in [2.75, 3.05) is 6.61 Å². The summed E-state index contributed by atoms with van der Waals surface area (Å²) in [4.78, 5) is 11.1. The fourth-order valence-corrected chi connectivity index (χ4v) is 1.52. The first-order valence-corrected chi connectivity index (χ1v) is 5.39. The molecule has 1 saturated heterocycles. The maximum Gasteiger partial charge on any atom is 0.305 e. The summed E-state index contributed by atoms with van der Waals surface area (Å²) in [7, 11) is 0. The largest absolute Gasteiger partial charge is 0.463 e. The molecule has 16 heavy (non-hydrogen) atoms. The minimum absolute atomic E-state index is 0.0411. The first-order chi connectivity index (χ1) is 7.54. The fourth-order valence-electron chi connectivity index (χ4n) is 1.52. The molecule has 0 radical (unpaired) electrons. The van der Waals surface area contributed by atoms with E-state index in [9.17, 15) is 20.1 Å². The number of esters is 1. The van der Waals surface area contributed by atoms with Crippen LogP contribution in [0.1, 0.15) is 26.2 Å². The smallest absolute Gasteiger partial charge is 0.305 e. The van der Waals surface area contributed by atoms with Crippen molar-refractivity contribution in [3.8, 4) is 0 Å². The van der Waals surface area contributed by atoms with E-state index in [4.69, 9.17) is 9.47 Å². The summed E-state index contributed by atoms with van der Waals surface area (Å²) in [6.07, 6.45) is -3.27. The normalized spacial score (nSPS) is 34.8. The van der Waals surface area contributed by atoms with Crippen molar-refractivity contribution in [3.05, 3.63) is 0 Å². The number of carbonyl (C=O) groups excluding carboxylic acids is 1. The van der Waals surface area contributed by atoms with Gasteiger partial charge in [0.25, 0.3) is 0 Å². The summed E-state index contributed by atoms with van der Waals surface area (Å²) in [5.41, 5.74) is 0. The highest BCUT2D eigenvalue weighted by atomic mass is 16.6. The van der Waals surface area contributed by atoms with E-state index in [-0.39, 0.29) is 19.0 Å². The van der Waals surface area contributed by atoms with Crippen LogP contribution in [0.15, 0.2) is 0 Å². The van der Waals surface area contributed by atoms with Gasteiger partial charge in [-0.05, 0) is 6.42 Å². The number of hydrogen-bond donors (Lipinski definition) is 3. The van der Waals surface area contributed by atoms with Crippen LogP contribution in [-0.4, -0.2) is 52.5 Å². The lowest BCUT2D eigenvalue weighted by Gasteiger charge is -2.34. The van der Waals surface area contributed by atoms with Crippen LogP contribution in [0.2, 0.25) is 0 Å². The SMILES string of the molecule is CCCC(=O)OC[C@H]1OC(O)C[C@@H](O)[C@@H]1O. The molecule has 0 amide bonds. The predicted molar refractivity (Wildman–Crippen MR) is 53.4 cm³/mol. The minimum atomic E-state index is -1.14. The molecule has 1 fully saturated rings. The van der Waals surface area contributed by atoms with Crippen molar-refractivity contribution in [2.45, 2.75) is 50.8 Å². The van der Waals surface area contributed by atoms with Gasteiger partial charge in [0.15, 0.2) is 6.29 Å². The highest BCUT2D eigenvalue weighted by Gasteiger charge is 2.36. The number of ether oxygens (including phenoxy) is 2. The van der Waals surface area contributed by atoms with E-state index in [0.717, 1.165) is 0 Å². The molecule has 0 spiro atoms. The average molecular weight is 234 g/mol. The third kappa shape index (κ3) is 3.71. The first kappa shape index (κ1) is 13.4. The Hall–Kier alpha value is -0.690. The number of hydrogen-bond acceptors (Lipinski definition) is 6. The van der Waals surface area contributed by atoms with Crippen LogP contribution in [-0.2, 0) is 14.3 Å². The highest BCUT2D eigenvalue weighted by molar-refractivity contribution is 5.69. The van der Waals surface area contributed by atoms with Crippen LogP contribution >= 0.6 is 0 Å². The Labute approximate surface area is 93.8 Å². The molecule has 0 aromatic carbocycles. The van der Waals surface area contributed by atoms with Crippen LogP contribution in [0.3, 0.4) is 0 Å². The van der Waals surface area contributed by atoms with Crippen LogP contribution in [0.5, 0.6) is 0 Å². The lowest BCUT2D eigenvalue weighted by atomic mass is 10.0. The van der Waals surface area contributed by atoms with Crippen molar-refractivity contribution in [1.82, 2.24) is 0 Å². The fraction of sp³-hybridized carbons (Fsp3) is 0.900. The lowest BCUT2D eigenvalue weighted by Crippen LogP contribution is -2.50. The molecule has 0 saturated carbocycles. The number of aliphatic hydroxyl groups is 3. The molecular weight excluding hydrogens is 216 g/mol. The molecule has 4 atom stereocenters. The molecule has 0 bridgehead atoms. The van der Waals surface area contributed by atoms with Gasteiger partial charge in [0.2, 0.25) is 0 Å². The quantitative estimate of drug-likeness (QED) is 0.549. The van der Waals surface area contributed by atoms with Gasteiger partial charge in [0.05, 0.1) is 6.10 Å². The molecule has 1 rings (SSSR count). The van der Waals surface area contributed by atoms with Crippen molar-refractivity contribution >= 4 is 5.97 Å². The molecule has 6 heteroatoms. The topological polar surface area (TPSA) is 96.2 Å². The van der Waals surface area contributed by atoms with Crippen LogP contribution in [0.4, 0.5) is 0 Å². The Balaban J connectivity index is 2.37. The Kier molecular flexibility index (Phi) is 5.14. The first-order valence-electron chi connectivity index (χ1n) is 5.39. The van der Waals surface area contributed by atoms with Crippen molar-refractivity contribution in [1.29, 1.82) is 0 Å². The summed E-state index contributed by atoms with van der Waals surface area (Å²) < 4.78 is 9.81. The zero-order valence-electron chi connectivity index (χ0n) is 9.20. The lowest BCUT2D eigenvalue weighted by molar-refractivity contribution is -0.242. The summed E-state index contributed by atoms with van der Waals surface area (Å²) in [6, 6.07) is 0. The van der Waals surface area contributed by atoms with E-state index >= 15 is 0 Å². The molecule has 1 unspecified atom stereocenters. The molecule has 0 aromatic heterocycles. The molecule has 1 heterocycles. The van der Waals surface area contributed by atoms with E-state index in [1.807, 2.05) is 6.92 Å². The van der Waals surface area contributed by atoms with Gasteiger partial charge in [-0.25, -0.2) is 0 Å². The van der Waals surface area contributed by atoms with E-state index in [2.05, 4.69) is 0 Å². The van der Waals surface area contributed by atoms with Crippen molar-refractivity contribution in [2.24, 2.45) is 0 Å². The van der Waals surface area contributed by atoms with E-state index in [0.29, 0.717) is 12.8 Å². The van der Waals surface area contributed by atoms with Gasteiger partial charge >= 0.3 is 5.97 Å². The van der Waals surface area contributed by atoms with E-state index < -0.39 is 24.6 Å². The van der Waals surface area contributed by atoms with Gasteiger partial charge in [-0.2, -0.15) is 0 Å².